The second-order valence-electron chi connectivity index (χ2n) is 6.67. The molecule has 0 spiro atoms. The Labute approximate surface area is 161 Å². The van der Waals surface area contributed by atoms with Crippen LogP contribution in [-0.4, -0.2) is 36.9 Å². The fraction of sp³-hybridized carbons (Fsp3) is 0.333. The largest absolute Gasteiger partial charge is 0.497 e. The zero-order chi connectivity index (χ0) is 20.3. The Morgan fingerprint density at radius 1 is 1.11 bits per heavy atom. The molecule has 1 aliphatic rings. The summed E-state index contributed by atoms with van der Waals surface area (Å²) in [5.41, 5.74) is 1.26. The standard InChI is InChI=1S/C21H21F2NO4/c1-27-16-10-8-14(9-11-16)13-24-18(15-6-4-3-5-7-15)17(19(25)28-2)12-21(22,23)20(24)26/h3-11,17-18H,12-13H2,1-2H3/t17-,18+/m1/s1. The van der Waals surface area contributed by atoms with E-state index in [1.165, 1.54) is 7.11 Å². The molecule has 28 heavy (non-hydrogen) atoms. The van der Waals surface area contributed by atoms with Crippen molar-refractivity contribution in [3.05, 3.63) is 65.7 Å². The Morgan fingerprint density at radius 2 is 1.75 bits per heavy atom. The highest BCUT2D eigenvalue weighted by Gasteiger charge is 2.55. The fourth-order valence-electron chi connectivity index (χ4n) is 3.55. The number of rotatable bonds is 5. The topological polar surface area (TPSA) is 55.8 Å². The van der Waals surface area contributed by atoms with E-state index in [-0.39, 0.29) is 6.54 Å². The highest BCUT2D eigenvalue weighted by molar-refractivity contribution is 5.88. The van der Waals surface area contributed by atoms with Crippen molar-refractivity contribution in [1.29, 1.82) is 0 Å². The predicted octanol–water partition coefficient (Wildman–Crippen LogP) is 3.59. The van der Waals surface area contributed by atoms with Gasteiger partial charge < -0.3 is 14.4 Å². The number of methoxy groups -OCH3 is 2. The molecule has 3 rings (SSSR count). The Morgan fingerprint density at radius 3 is 2.32 bits per heavy atom. The third-order valence-electron chi connectivity index (χ3n) is 4.92. The first-order chi connectivity index (χ1) is 13.4. The first-order valence-electron chi connectivity index (χ1n) is 8.82. The van der Waals surface area contributed by atoms with E-state index < -0.39 is 36.2 Å². The minimum atomic E-state index is -3.64. The Kier molecular flexibility index (Phi) is 5.63. The van der Waals surface area contributed by atoms with Gasteiger partial charge in [-0.1, -0.05) is 42.5 Å². The summed E-state index contributed by atoms with van der Waals surface area (Å²) < 4.78 is 38.8. The number of hydrogen-bond acceptors (Lipinski definition) is 4. The molecule has 0 N–H and O–H groups in total. The van der Waals surface area contributed by atoms with Crippen LogP contribution in [0.3, 0.4) is 0 Å². The van der Waals surface area contributed by atoms with Crippen LogP contribution < -0.4 is 4.74 Å². The number of hydrogen-bond donors (Lipinski definition) is 0. The highest BCUT2D eigenvalue weighted by Crippen LogP contribution is 2.44. The van der Waals surface area contributed by atoms with Crippen LogP contribution >= 0.6 is 0 Å². The van der Waals surface area contributed by atoms with E-state index in [9.17, 15) is 18.4 Å². The SMILES string of the molecule is COC(=O)[C@@H]1CC(F)(F)C(=O)N(Cc2ccc(OC)cc2)[C@H]1c1ccccc1. The van der Waals surface area contributed by atoms with Crippen LogP contribution in [0.5, 0.6) is 5.75 Å². The van der Waals surface area contributed by atoms with Gasteiger partial charge in [-0.2, -0.15) is 8.78 Å². The summed E-state index contributed by atoms with van der Waals surface area (Å²) in [6.07, 6.45) is -0.878. The average Bonchev–Trinajstić information content (AvgIpc) is 2.71. The summed E-state index contributed by atoms with van der Waals surface area (Å²) in [5.74, 6) is -6.25. The number of halogens is 2. The lowest BCUT2D eigenvalue weighted by Crippen LogP contribution is -2.55. The third-order valence-corrected chi connectivity index (χ3v) is 4.92. The molecule has 0 radical (unpaired) electrons. The van der Waals surface area contributed by atoms with Crippen molar-refractivity contribution in [1.82, 2.24) is 4.90 Å². The summed E-state index contributed by atoms with van der Waals surface area (Å²) in [6, 6.07) is 14.7. The lowest BCUT2D eigenvalue weighted by Gasteiger charge is -2.43. The zero-order valence-electron chi connectivity index (χ0n) is 15.6. The summed E-state index contributed by atoms with van der Waals surface area (Å²) in [5, 5.41) is 0. The second-order valence-corrected chi connectivity index (χ2v) is 6.67. The summed E-state index contributed by atoms with van der Waals surface area (Å²) >= 11 is 0. The van der Waals surface area contributed by atoms with Gasteiger partial charge in [0.25, 0.3) is 5.91 Å². The van der Waals surface area contributed by atoms with Crippen molar-refractivity contribution < 1.29 is 27.8 Å². The first kappa shape index (κ1) is 19.8. The molecule has 2 aromatic carbocycles. The molecule has 7 heteroatoms. The molecule has 2 atom stereocenters. The number of carbonyl (C=O) groups excluding carboxylic acids is 2. The molecule has 0 bridgehead atoms. The number of benzene rings is 2. The smallest absolute Gasteiger partial charge is 0.325 e. The molecule has 0 aliphatic carbocycles. The molecule has 1 amide bonds. The van der Waals surface area contributed by atoms with Crippen LogP contribution in [0.15, 0.2) is 54.6 Å². The number of alkyl halides is 2. The van der Waals surface area contributed by atoms with E-state index in [4.69, 9.17) is 9.47 Å². The number of carbonyl (C=O) groups is 2. The maximum Gasteiger partial charge on any atom is 0.325 e. The van der Waals surface area contributed by atoms with Gasteiger partial charge in [0.1, 0.15) is 5.75 Å². The fourth-order valence-corrected chi connectivity index (χ4v) is 3.55. The minimum Gasteiger partial charge on any atom is -0.497 e. The van der Waals surface area contributed by atoms with Gasteiger partial charge in [0.15, 0.2) is 0 Å². The number of nitrogens with zero attached hydrogens (tertiary/aromatic N) is 1. The normalized spacial score (nSPS) is 21.3. The molecule has 1 heterocycles. The van der Waals surface area contributed by atoms with Gasteiger partial charge in [0.05, 0.1) is 26.2 Å². The molecule has 5 nitrogen and oxygen atoms in total. The molecule has 148 valence electrons. The lowest BCUT2D eigenvalue weighted by atomic mass is 9.82. The highest BCUT2D eigenvalue weighted by atomic mass is 19.3. The van der Waals surface area contributed by atoms with Crippen molar-refractivity contribution >= 4 is 11.9 Å². The minimum absolute atomic E-state index is 0.0640. The van der Waals surface area contributed by atoms with Crippen LogP contribution in [0.1, 0.15) is 23.6 Å². The number of amides is 1. The van der Waals surface area contributed by atoms with Crippen molar-refractivity contribution in [2.24, 2.45) is 5.92 Å². The van der Waals surface area contributed by atoms with Gasteiger partial charge >= 0.3 is 11.9 Å². The van der Waals surface area contributed by atoms with Crippen molar-refractivity contribution in [3.63, 3.8) is 0 Å². The van der Waals surface area contributed by atoms with Gasteiger partial charge in [0.2, 0.25) is 0 Å². The molecule has 0 saturated carbocycles. The van der Waals surface area contributed by atoms with Crippen LogP contribution in [0.4, 0.5) is 8.78 Å². The average molecular weight is 389 g/mol. The van der Waals surface area contributed by atoms with Crippen molar-refractivity contribution in [2.75, 3.05) is 14.2 Å². The number of likely N-dealkylation sites (tertiary alicyclic amines) is 1. The lowest BCUT2D eigenvalue weighted by molar-refractivity contribution is -0.182. The quantitative estimate of drug-likeness (QED) is 0.734. The van der Waals surface area contributed by atoms with Crippen molar-refractivity contribution in [3.8, 4) is 5.75 Å². The maximum absolute atomic E-state index is 14.5. The van der Waals surface area contributed by atoms with Gasteiger partial charge in [-0.05, 0) is 23.3 Å². The van der Waals surface area contributed by atoms with Gasteiger partial charge in [-0.3, -0.25) is 9.59 Å². The molecule has 1 saturated heterocycles. The van der Waals surface area contributed by atoms with E-state index in [0.29, 0.717) is 16.9 Å². The van der Waals surface area contributed by atoms with Gasteiger partial charge in [-0.15, -0.1) is 0 Å². The van der Waals surface area contributed by atoms with Gasteiger partial charge in [-0.25, -0.2) is 0 Å². The van der Waals surface area contributed by atoms with Crippen LogP contribution in [0.25, 0.3) is 0 Å². The predicted molar refractivity (Wildman–Crippen MR) is 97.8 cm³/mol. The van der Waals surface area contributed by atoms with Crippen molar-refractivity contribution in [2.45, 2.75) is 24.9 Å². The van der Waals surface area contributed by atoms with E-state index in [1.807, 2.05) is 0 Å². The Balaban J connectivity index is 2.03. The molecule has 0 aromatic heterocycles. The molecule has 2 aromatic rings. The monoisotopic (exact) mass is 389 g/mol. The van der Waals surface area contributed by atoms with E-state index in [0.717, 1.165) is 12.0 Å². The molecule has 1 fully saturated rings. The summed E-state index contributed by atoms with van der Waals surface area (Å²) in [4.78, 5) is 26.0. The third kappa shape index (κ3) is 3.83. The second kappa shape index (κ2) is 7.96. The van der Waals surface area contributed by atoms with E-state index in [1.54, 1.807) is 54.6 Å². The number of piperidine rings is 1. The van der Waals surface area contributed by atoms with Crippen LogP contribution in [-0.2, 0) is 20.9 Å². The van der Waals surface area contributed by atoms with Gasteiger partial charge in [0, 0.05) is 13.0 Å². The first-order valence-corrected chi connectivity index (χ1v) is 8.82. The van der Waals surface area contributed by atoms with E-state index in [2.05, 4.69) is 0 Å². The van der Waals surface area contributed by atoms with E-state index >= 15 is 0 Å². The Hall–Kier alpha value is -2.96. The number of esters is 1. The molecular formula is C21H21F2NO4. The molecular weight excluding hydrogens is 368 g/mol. The van der Waals surface area contributed by atoms with Crippen LogP contribution in [0, 0.1) is 5.92 Å². The maximum atomic E-state index is 14.5. The zero-order valence-corrected chi connectivity index (χ0v) is 15.6. The number of ether oxygens (including phenoxy) is 2. The summed E-state index contributed by atoms with van der Waals surface area (Å²) in [6.45, 7) is -0.0640. The summed E-state index contributed by atoms with van der Waals surface area (Å²) in [7, 11) is 2.68. The Bertz CT molecular complexity index is 839. The van der Waals surface area contributed by atoms with Crippen LogP contribution in [0.2, 0.25) is 0 Å². The molecule has 0 unspecified atom stereocenters. The molecule has 1 aliphatic heterocycles.